The summed E-state index contributed by atoms with van der Waals surface area (Å²) in [6.45, 7) is 3.53. The van der Waals surface area contributed by atoms with Gasteiger partial charge in [0, 0.05) is 30.1 Å². The number of alkyl halides is 1. The first-order chi connectivity index (χ1) is 12.7. The molecule has 7 nitrogen and oxygen atoms in total. The van der Waals surface area contributed by atoms with E-state index in [1.165, 1.54) is 0 Å². The van der Waals surface area contributed by atoms with Crippen LogP contribution in [0.3, 0.4) is 0 Å². The summed E-state index contributed by atoms with van der Waals surface area (Å²) in [6.07, 6.45) is 2.87. The average Bonchev–Trinajstić information content (AvgIpc) is 3.36. The van der Waals surface area contributed by atoms with Crippen LogP contribution in [-0.4, -0.2) is 33.9 Å². The Hall–Kier alpha value is -2.42. The van der Waals surface area contributed by atoms with Gasteiger partial charge in [0.25, 0.3) is 5.56 Å². The van der Waals surface area contributed by atoms with E-state index in [0.717, 1.165) is 23.4 Å². The number of rotatable bonds is 3. The molecular weight excluding hydrogens is 356 g/mol. The maximum absolute atomic E-state index is 15.0. The Bertz CT molecular complexity index is 1060. The summed E-state index contributed by atoms with van der Waals surface area (Å²) >= 11 is 0. The largest absolute Gasteiger partial charge is 0.365 e. The molecule has 1 saturated carbocycles. The van der Waals surface area contributed by atoms with Gasteiger partial charge in [0.05, 0.1) is 23.9 Å². The Morgan fingerprint density at radius 3 is 2.56 bits per heavy atom. The summed E-state index contributed by atoms with van der Waals surface area (Å²) in [7, 11) is 0. The molecule has 1 saturated heterocycles. The summed E-state index contributed by atoms with van der Waals surface area (Å²) in [5.41, 5.74) is 4.27. The van der Waals surface area contributed by atoms with Gasteiger partial charge in [-0.15, -0.1) is 0 Å². The van der Waals surface area contributed by atoms with Crippen molar-refractivity contribution in [2.45, 2.75) is 50.7 Å². The second-order valence-corrected chi connectivity index (χ2v) is 7.81. The van der Waals surface area contributed by atoms with E-state index in [0.29, 0.717) is 27.9 Å². The van der Waals surface area contributed by atoms with Crippen LogP contribution in [-0.2, 0) is 0 Å². The molecule has 4 N–H and O–H groups in total. The first kappa shape index (κ1) is 18.0. The molecule has 0 aromatic carbocycles. The lowest BCUT2D eigenvalue weighted by atomic mass is 9.98. The second-order valence-electron chi connectivity index (χ2n) is 7.81. The standard InChI is InChI=1S/C18H23F2N5O2/c1-9-14(23-6-5-18(20,8-23)10(2)21)12(19)7-24-15(9)13(11-3-4-11)16(26)25(22)17(24)27/h7,10-11H,3-6,8,21-22H2,1-2H3. The minimum Gasteiger partial charge on any atom is -0.365 e. The van der Waals surface area contributed by atoms with Crippen LogP contribution in [0.15, 0.2) is 15.8 Å². The van der Waals surface area contributed by atoms with Crippen molar-refractivity contribution in [3.63, 3.8) is 0 Å². The molecule has 9 heteroatoms. The second kappa shape index (κ2) is 5.79. The van der Waals surface area contributed by atoms with Crippen molar-refractivity contribution in [3.8, 4) is 0 Å². The normalized spacial score (nSPS) is 24.0. The van der Waals surface area contributed by atoms with Gasteiger partial charge in [0.2, 0.25) is 0 Å². The van der Waals surface area contributed by atoms with E-state index in [2.05, 4.69) is 0 Å². The van der Waals surface area contributed by atoms with Crippen LogP contribution in [0.1, 0.15) is 43.2 Å². The van der Waals surface area contributed by atoms with E-state index in [4.69, 9.17) is 11.6 Å². The van der Waals surface area contributed by atoms with Crippen LogP contribution in [0.2, 0.25) is 0 Å². The SMILES string of the molecule is Cc1c(N2CCC(F)(C(C)N)C2)c(F)cn2c(=O)n(N)c(=O)c(C3CC3)c12. The molecule has 3 heterocycles. The fourth-order valence-corrected chi connectivity index (χ4v) is 4.11. The van der Waals surface area contributed by atoms with Crippen molar-refractivity contribution in [1.29, 1.82) is 0 Å². The highest BCUT2D eigenvalue weighted by Crippen LogP contribution is 2.42. The number of aromatic nitrogens is 2. The molecule has 0 bridgehead atoms. The molecule has 2 aromatic rings. The van der Waals surface area contributed by atoms with Crippen LogP contribution in [0, 0.1) is 12.7 Å². The van der Waals surface area contributed by atoms with Gasteiger partial charge in [-0.1, -0.05) is 0 Å². The summed E-state index contributed by atoms with van der Waals surface area (Å²) in [5.74, 6) is 4.96. The maximum Gasteiger partial charge on any atom is 0.354 e. The Kier molecular flexibility index (Phi) is 3.85. The molecule has 4 rings (SSSR count). The molecular formula is C18H23F2N5O2. The summed E-state index contributed by atoms with van der Waals surface area (Å²) in [5, 5.41) is 0. The maximum atomic E-state index is 15.0. The summed E-state index contributed by atoms with van der Waals surface area (Å²) in [6, 6.07) is -0.680. The first-order valence-electron chi connectivity index (χ1n) is 9.10. The lowest BCUT2D eigenvalue weighted by Gasteiger charge is -2.27. The first-order valence-corrected chi connectivity index (χ1v) is 9.10. The van der Waals surface area contributed by atoms with Gasteiger partial charge in [-0.3, -0.25) is 9.20 Å². The fraction of sp³-hybridized carbons (Fsp3) is 0.556. The topological polar surface area (TPSA) is 98.8 Å². The van der Waals surface area contributed by atoms with E-state index in [1.807, 2.05) is 0 Å². The number of nitrogens with two attached hydrogens (primary N) is 2. The lowest BCUT2D eigenvalue weighted by molar-refractivity contribution is 0.160. The van der Waals surface area contributed by atoms with Gasteiger partial charge in [-0.05, 0) is 32.6 Å². The monoisotopic (exact) mass is 379 g/mol. The van der Waals surface area contributed by atoms with Gasteiger partial charge in [-0.25, -0.2) is 13.6 Å². The predicted molar refractivity (Wildman–Crippen MR) is 99.1 cm³/mol. The quantitative estimate of drug-likeness (QED) is 0.768. The molecule has 0 spiro atoms. The summed E-state index contributed by atoms with van der Waals surface area (Å²) in [4.78, 5) is 26.6. The summed E-state index contributed by atoms with van der Waals surface area (Å²) < 4.78 is 31.5. The van der Waals surface area contributed by atoms with Crippen molar-refractivity contribution in [2.24, 2.45) is 5.73 Å². The number of hydrogen-bond acceptors (Lipinski definition) is 5. The van der Waals surface area contributed by atoms with Gasteiger partial charge in [-0.2, -0.15) is 4.68 Å². The molecule has 2 aromatic heterocycles. The molecule has 2 fully saturated rings. The Morgan fingerprint density at radius 2 is 2.00 bits per heavy atom. The highest BCUT2D eigenvalue weighted by molar-refractivity contribution is 5.73. The zero-order valence-corrected chi connectivity index (χ0v) is 15.3. The number of fused-ring (bicyclic) bond motifs is 1. The Balaban J connectivity index is 1.97. The number of nitrogen functional groups attached to an aromatic ring is 1. The molecule has 0 radical (unpaired) electrons. The number of halogens is 2. The highest BCUT2D eigenvalue weighted by Gasteiger charge is 2.43. The number of nitrogens with zero attached hydrogens (tertiary/aromatic N) is 3. The van der Waals surface area contributed by atoms with Crippen LogP contribution in [0.5, 0.6) is 0 Å². The average molecular weight is 379 g/mol. The van der Waals surface area contributed by atoms with Crippen molar-refractivity contribution in [1.82, 2.24) is 9.08 Å². The van der Waals surface area contributed by atoms with Crippen molar-refractivity contribution >= 4 is 11.2 Å². The van der Waals surface area contributed by atoms with Crippen molar-refractivity contribution < 1.29 is 8.78 Å². The zero-order chi connectivity index (χ0) is 19.7. The van der Waals surface area contributed by atoms with E-state index in [1.54, 1.807) is 18.7 Å². The Morgan fingerprint density at radius 1 is 1.33 bits per heavy atom. The molecule has 27 heavy (non-hydrogen) atoms. The third-order valence-electron chi connectivity index (χ3n) is 5.91. The van der Waals surface area contributed by atoms with Gasteiger partial charge >= 0.3 is 5.69 Å². The minimum atomic E-state index is -1.61. The van der Waals surface area contributed by atoms with Crippen LogP contribution >= 0.6 is 0 Å². The molecule has 146 valence electrons. The van der Waals surface area contributed by atoms with Crippen LogP contribution < -0.4 is 27.7 Å². The van der Waals surface area contributed by atoms with Gasteiger partial charge in [0.1, 0.15) is 5.67 Å². The van der Waals surface area contributed by atoms with Crippen molar-refractivity contribution in [2.75, 3.05) is 23.8 Å². The molecule has 2 aliphatic rings. The lowest BCUT2D eigenvalue weighted by Crippen LogP contribution is -2.45. The molecule has 1 aliphatic heterocycles. The molecule has 1 aliphatic carbocycles. The molecule has 0 amide bonds. The third kappa shape index (κ3) is 2.55. The Labute approximate surface area is 154 Å². The van der Waals surface area contributed by atoms with Crippen LogP contribution in [0.25, 0.3) is 5.52 Å². The van der Waals surface area contributed by atoms with Gasteiger partial charge in [0.15, 0.2) is 5.82 Å². The smallest absolute Gasteiger partial charge is 0.354 e. The van der Waals surface area contributed by atoms with E-state index < -0.39 is 28.8 Å². The zero-order valence-electron chi connectivity index (χ0n) is 15.3. The van der Waals surface area contributed by atoms with Crippen LogP contribution in [0.4, 0.5) is 14.5 Å². The number of aryl methyl sites for hydroxylation is 1. The highest BCUT2D eigenvalue weighted by atomic mass is 19.1. The van der Waals surface area contributed by atoms with Gasteiger partial charge < -0.3 is 16.5 Å². The van der Waals surface area contributed by atoms with E-state index in [-0.39, 0.29) is 24.6 Å². The minimum absolute atomic E-state index is 0.00261. The predicted octanol–water partition coefficient (Wildman–Crippen LogP) is 0.766. The number of anilines is 1. The fourth-order valence-electron chi connectivity index (χ4n) is 4.11. The van der Waals surface area contributed by atoms with Crippen molar-refractivity contribution in [3.05, 3.63) is 44.0 Å². The van der Waals surface area contributed by atoms with E-state index >= 15 is 0 Å². The number of pyridine rings is 1. The van der Waals surface area contributed by atoms with E-state index in [9.17, 15) is 18.4 Å². The molecule has 2 atom stereocenters. The third-order valence-corrected chi connectivity index (χ3v) is 5.91. The number of hydrogen-bond donors (Lipinski definition) is 2. The molecule has 2 unspecified atom stereocenters.